The Balaban J connectivity index is 1.49. The van der Waals surface area contributed by atoms with Crippen molar-refractivity contribution in [3.63, 3.8) is 0 Å². The molecule has 1 amide bonds. The molecule has 2 heterocycles. The maximum atomic E-state index is 12.5. The molecule has 10 heteroatoms. The van der Waals surface area contributed by atoms with E-state index in [2.05, 4.69) is 15.2 Å². The summed E-state index contributed by atoms with van der Waals surface area (Å²) in [5.41, 5.74) is 0. The minimum absolute atomic E-state index is 0.253. The highest BCUT2D eigenvalue weighted by Crippen LogP contribution is 2.31. The first kappa shape index (κ1) is 18.9. The highest BCUT2D eigenvalue weighted by Gasteiger charge is 2.24. The first-order chi connectivity index (χ1) is 12.4. The molecule has 0 aromatic carbocycles. The number of rotatable bonds is 7. The van der Waals surface area contributed by atoms with Crippen molar-refractivity contribution in [1.82, 2.24) is 15.2 Å². The molecule has 2 aromatic rings. The zero-order valence-corrected chi connectivity index (χ0v) is 15.7. The van der Waals surface area contributed by atoms with Crippen LogP contribution < -0.4 is 10.0 Å². The van der Waals surface area contributed by atoms with Gasteiger partial charge in [0.15, 0.2) is 5.76 Å². The molecule has 0 bridgehead atoms. The zero-order valence-electron chi connectivity index (χ0n) is 14.1. The van der Waals surface area contributed by atoms with Crippen LogP contribution in [0.25, 0.3) is 10.6 Å². The second-order valence-corrected chi connectivity index (χ2v) is 9.50. The average Bonchev–Trinajstić information content (AvgIpc) is 3.30. The second kappa shape index (κ2) is 8.19. The Morgan fingerprint density at radius 1 is 1.19 bits per heavy atom. The molecule has 1 aliphatic rings. The summed E-state index contributed by atoms with van der Waals surface area (Å²) < 4.78 is 33.0. The number of hydrogen-bond acceptors (Lipinski definition) is 6. The van der Waals surface area contributed by atoms with E-state index in [4.69, 9.17) is 9.63 Å². The van der Waals surface area contributed by atoms with E-state index in [-0.39, 0.29) is 10.1 Å². The predicted molar refractivity (Wildman–Crippen MR) is 96.5 cm³/mol. The van der Waals surface area contributed by atoms with Gasteiger partial charge in [-0.15, -0.1) is 11.3 Å². The van der Waals surface area contributed by atoms with Gasteiger partial charge in [-0.1, -0.05) is 5.16 Å². The maximum absolute atomic E-state index is 12.5. The first-order valence-electron chi connectivity index (χ1n) is 8.41. The van der Waals surface area contributed by atoms with E-state index < -0.39 is 16.1 Å². The van der Waals surface area contributed by atoms with Crippen molar-refractivity contribution >= 4 is 27.5 Å². The lowest BCUT2D eigenvalue weighted by molar-refractivity contribution is 0.188. The van der Waals surface area contributed by atoms with Crippen molar-refractivity contribution in [3.8, 4) is 10.6 Å². The standard InChI is InChI=1S/C16H21N3O5S2/c20-16(21)17-9-11-1-3-12(4-2-11)10-19-26(22,23)15-6-5-14(25-15)13-7-8-18-24-13/h5-8,11-12,17,19H,1-4,9-10H2,(H,20,21)/t11-,12-. The van der Waals surface area contributed by atoms with Gasteiger partial charge in [0.05, 0.1) is 11.1 Å². The van der Waals surface area contributed by atoms with Crippen molar-refractivity contribution in [1.29, 1.82) is 0 Å². The third-order valence-corrected chi connectivity index (χ3v) is 7.61. The fourth-order valence-electron chi connectivity index (χ4n) is 3.11. The molecule has 26 heavy (non-hydrogen) atoms. The SMILES string of the molecule is O=C(O)NC[C@H]1CC[C@H](CNS(=O)(=O)c2ccc(-c3ccno3)s2)CC1. The van der Waals surface area contributed by atoms with Gasteiger partial charge in [0.2, 0.25) is 10.0 Å². The van der Waals surface area contributed by atoms with Gasteiger partial charge in [0.25, 0.3) is 0 Å². The zero-order chi connectivity index (χ0) is 18.6. The number of sulfonamides is 1. The molecule has 0 saturated heterocycles. The molecule has 8 nitrogen and oxygen atoms in total. The van der Waals surface area contributed by atoms with Gasteiger partial charge in [0.1, 0.15) is 4.21 Å². The molecule has 1 aliphatic carbocycles. The summed E-state index contributed by atoms with van der Waals surface area (Å²) in [5.74, 6) is 1.16. The Kier molecular flexibility index (Phi) is 5.94. The number of amides is 1. The van der Waals surface area contributed by atoms with Crippen molar-refractivity contribution in [2.75, 3.05) is 13.1 Å². The number of nitrogens with one attached hydrogen (secondary N) is 2. The molecule has 0 aliphatic heterocycles. The van der Waals surface area contributed by atoms with Crippen LogP contribution in [0.4, 0.5) is 4.79 Å². The number of aromatic nitrogens is 1. The van der Waals surface area contributed by atoms with Crippen molar-refractivity contribution in [2.45, 2.75) is 29.9 Å². The Morgan fingerprint density at radius 3 is 2.50 bits per heavy atom. The Labute approximate surface area is 155 Å². The molecular formula is C16H21N3O5S2. The van der Waals surface area contributed by atoms with E-state index >= 15 is 0 Å². The van der Waals surface area contributed by atoms with E-state index in [0.29, 0.717) is 29.6 Å². The minimum Gasteiger partial charge on any atom is -0.465 e. The molecular weight excluding hydrogens is 378 g/mol. The van der Waals surface area contributed by atoms with Gasteiger partial charge >= 0.3 is 6.09 Å². The van der Waals surface area contributed by atoms with Gasteiger partial charge < -0.3 is 14.9 Å². The summed E-state index contributed by atoms with van der Waals surface area (Å²) in [6.07, 6.45) is 4.11. The molecule has 0 radical (unpaired) electrons. The number of nitrogens with zero attached hydrogens (tertiary/aromatic N) is 1. The van der Waals surface area contributed by atoms with E-state index in [1.165, 1.54) is 6.20 Å². The number of thiophene rings is 1. The summed E-state index contributed by atoms with van der Waals surface area (Å²) in [7, 11) is -3.55. The second-order valence-electron chi connectivity index (χ2n) is 6.42. The van der Waals surface area contributed by atoms with Gasteiger partial charge in [-0.3, -0.25) is 0 Å². The van der Waals surface area contributed by atoms with Crippen LogP contribution in [0.2, 0.25) is 0 Å². The molecule has 2 aromatic heterocycles. The van der Waals surface area contributed by atoms with Crippen LogP contribution in [0.3, 0.4) is 0 Å². The lowest BCUT2D eigenvalue weighted by Crippen LogP contribution is -2.34. The number of carbonyl (C=O) groups is 1. The lowest BCUT2D eigenvalue weighted by atomic mass is 9.82. The Morgan fingerprint density at radius 2 is 1.88 bits per heavy atom. The van der Waals surface area contributed by atoms with Gasteiger partial charge in [0, 0.05) is 19.2 Å². The number of hydrogen-bond donors (Lipinski definition) is 3. The Hall–Kier alpha value is -1.91. The van der Waals surface area contributed by atoms with Crippen LogP contribution in [-0.2, 0) is 10.0 Å². The molecule has 0 spiro atoms. The minimum atomic E-state index is -3.55. The van der Waals surface area contributed by atoms with E-state index in [0.717, 1.165) is 37.0 Å². The Bertz CT molecular complexity index is 824. The molecule has 1 saturated carbocycles. The number of carboxylic acid groups (broad SMARTS) is 1. The van der Waals surface area contributed by atoms with Crippen LogP contribution in [0.5, 0.6) is 0 Å². The van der Waals surface area contributed by atoms with Crippen LogP contribution in [0, 0.1) is 11.8 Å². The summed E-state index contributed by atoms with van der Waals surface area (Å²) in [6.45, 7) is 0.865. The van der Waals surface area contributed by atoms with Gasteiger partial charge in [-0.25, -0.2) is 17.9 Å². The maximum Gasteiger partial charge on any atom is 0.404 e. The molecule has 142 valence electrons. The predicted octanol–water partition coefficient (Wildman–Crippen LogP) is 2.76. The molecule has 1 fully saturated rings. The molecule has 3 rings (SSSR count). The largest absolute Gasteiger partial charge is 0.465 e. The van der Waals surface area contributed by atoms with Crippen molar-refractivity contribution < 1.29 is 22.8 Å². The third kappa shape index (κ3) is 4.83. The molecule has 0 unspecified atom stereocenters. The van der Waals surface area contributed by atoms with Crippen LogP contribution in [-0.4, -0.2) is 37.9 Å². The fraction of sp³-hybridized carbons (Fsp3) is 0.500. The quantitative estimate of drug-likeness (QED) is 0.658. The molecule has 3 N–H and O–H groups in total. The summed E-state index contributed by atoms with van der Waals surface area (Å²) in [5, 5.41) is 14.7. The highest BCUT2D eigenvalue weighted by molar-refractivity contribution is 7.91. The third-order valence-electron chi connectivity index (χ3n) is 4.60. The van der Waals surface area contributed by atoms with E-state index in [1.54, 1.807) is 18.2 Å². The van der Waals surface area contributed by atoms with Crippen LogP contribution in [0.15, 0.2) is 33.1 Å². The monoisotopic (exact) mass is 399 g/mol. The van der Waals surface area contributed by atoms with E-state index in [9.17, 15) is 13.2 Å². The fourth-order valence-corrected chi connectivity index (χ4v) is 5.53. The average molecular weight is 399 g/mol. The van der Waals surface area contributed by atoms with Crippen LogP contribution >= 0.6 is 11.3 Å². The summed E-state index contributed by atoms with van der Waals surface area (Å²) in [6, 6.07) is 4.97. The van der Waals surface area contributed by atoms with Crippen LogP contribution in [0.1, 0.15) is 25.7 Å². The van der Waals surface area contributed by atoms with Crippen molar-refractivity contribution in [2.24, 2.45) is 11.8 Å². The lowest BCUT2D eigenvalue weighted by Gasteiger charge is -2.28. The summed E-state index contributed by atoms with van der Waals surface area (Å²) >= 11 is 1.15. The smallest absolute Gasteiger partial charge is 0.404 e. The summed E-state index contributed by atoms with van der Waals surface area (Å²) in [4.78, 5) is 11.3. The van der Waals surface area contributed by atoms with E-state index in [1.807, 2.05) is 0 Å². The molecule has 0 atom stereocenters. The van der Waals surface area contributed by atoms with Crippen molar-refractivity contribution in [3.05, 3.63) is 24.4 Å². The normalized spacial score (nSPS) is 20.8. The van der Waals surface area contributed by atoms with Gasteiger partial charge in [-0.2, -0.15) is 0 Å². The van der Waals surface area contributed by atoms with Gasteiger partial charge in [-0.05, 0) is 49.7 Å². The first-order valence-corrected chi connectivity index (χ1v) is 10.7. The topological polar surface area (TPSA) is 122 Å². The highest BCUT2D eigenvalue weighted by atomic mass is 32.2.